The number of nitrogens with zero attached hydrogens (tertiary/aromatic N) is 2. The zero-order valence-electron chi connectivity index (χ0n) is 12.5. The fourth-order valence-electron chi connectivity index (χ4n) is 2.53. The fraction of sp³-hybridized carbons (Fsp3) is 0.188. The molecule has 0 saturated heterocycles. The van der Waals surface area contributed by atoms with Gasteiger partial charge in [-0.15, -0.1) is 11.3 Å². The number of fused-ring (bicyclic) bond motifs is 1. The number of anilines is 2. The van der Waals surface area contributed by atoms with Crippen molar-refractivity contribution in [3.05, 3.63) is 35.0 Å². The standard InChI is InChI=1S/C16H14FN5OS/c17-9-4-2-1-3-8(9)12-10-11(18)13(14(19)23)24-15(10)22-16(21-12)20-7-5-6-7/h1-4,7H,5-6,18H2,(H2,19,23)(H,20,21,22). The van der Waals surface area contributed by atoms with E-state index >= 15 is 0 Å². The van der Waals surface area contributed by atoms with Gasteiger partial charge >= 0.3 is 0 Å². The monoisotopic (exact) mass is 343 g/mol. The van der Waals surface area contributed by atoms with E-state index in [1.165, 1.54) is 6.07 Å². The highest BCUT2D eigenvalue weighted by Crippen LogP contribution is 2.39. The molecular weight excluding hydrogens is 329 g/mol. The lowest BCUT2D eigenvalue weighted by molar-refractivity contribution is 0.100. The maximum atomic E-state index is 14.3. The quantitative estimate of drug-likeness (QED) is 0.675. The number of nitrogens with two attached hydrogens (primary N) is 2. The van der Waals surface area contributed by atoms with Crippen molar-refractivity contribution in [1.29, 1.82) is 0 Å². The number of halogens is 1. The first-order chi connectivity index (χ1) is 11.5. The van der Waals surface area contributed by atoms with E-state index in [1.54, 1.807) is 18.2 Å². The number of carbonyl (C=O) groups excluding carboxylic acids is 1. The van der Waals surface area contributed by atoms with E-state index < -0.39 is 11.7 Å². The first kappa shape index (κ1) is 14.8. The van der Waals surface area contributed by atoms with Gasteiger partial charge in [0.05, 0.1) is 16.8 Å². The molecule has 1 fully saturated rings. The van der Waals surface area contributed by atoms with Crippen LogP contribution in [0.2, 0.25) is 0 Å². The molecule has 3 aromatic rings. The highest BCUT2D eigenvalue weighted by molar-refractivity contribution is 7.21. The second-order valence-corrected chi connectivity index (χ2v) is 6.68. The second-order valence-electron chi connectivity index (χ2n) is 5.68. The van der Waals surface area contributed by atoms with E-state index in [0.29, 0.717) is 33.5 Å². The molecular formula is C16H14FN5OS. The molecule has 8 heteroatoms. The molecule has 0 atom stereocenters. The normalized spacial score (nSPS) is 14.0. The summed E-state index contributed by atoms with van der Waals surface area (Å²) >= 11 is 1.10. The highest BCUT2D eigenvalue weighted by Gasteiger charge is 2.25. The minimum Gasteiger partial charge on any atom is -0.397 e. The molecule has 1 saturated carbocycles. The SMILES string of the molecule is NC(=O)c1sc2nc(NC3CC3)nc(-c3ccccc3F)c2c1N. The van der Waals surface area contributed by atoms with Crippen LogP contribution in [-0.4, -0.2) is 21.9 Å². The van der Waals surface area contributed by atoms with E-state index in [2.05, 4.69) is 15.3 Å². The molecule has 0 radical (unpaired) electrons. The molecule has 122 valence electrons. The van der Waals surface area contributed by atoms with Gasteiger partial charge in [-0.1, -0.05) is 12.1 Å². The average Bonchev–Trinajstić information content (AvgIpc) is 3.29. The second kappa shape index (κ2) is 5.41. The zero-order valence-corrected chi connectivity index (χ0v) is 13.4. The summed E-state index contributed by atoms with van der Waals surface area (Å²) in [5.74, 6) is -0.645. The third kappa shape index (κ3) is 2.44. The molecule has 1 aromatic carbocycles. The lowest BCUT2D eigenvalue weighted by atomic mass is 10.1. The van der Waals surface area contributed by atoms with Crippen LogP contribution in [0.5, 0.6) is 0 Å². The summed E-state index contributed by atoms with van der Waals surface area (Å²) in [5.41, 5.74) is 12.3. The van der Waals surface area contributed by atoms with Gasteiger partial charge in [0, 0.05) is 11.6 Å². The van der Waals surface area contributed by atoms with E-state index in [9.17, 15) is 9.18 Å². The van der Waals surface area contributed by atoms with Crippen LogP contribution >= 0.6 is 11.3 Å². The van der Waals surface area contributed by atoms with Gasteiger partial charge in [0.15, 0.2) is 0 Å². The maximum Gasteiger partial charge on any atom is 0.260 e. The molecule has 2 aromatic heterocycles. The predicted octanol–water partition coefficient (Wildman–Crippen LogP) is 2.75. The number of hydrogen-bond donors (Lipinski definition) is 3. The van der Waals surface area contributed by atoms with Gasteiger partial charge in [0.1, 0.15) is 15.5 Å². The number of amides is 1. The maximum absolute atomic E-state index is 14.3. The van der Waals surface area contributed by atoms with Gasteiger partial charge < -0.3 is 16.8 Å². The van der Waals surface area contributed by atoms with Crippen LogP contribution in [0.25, 0.3) is 21.5 Å². The van der Waals surface area contributed by atoms with Crippen LogP contribution < -0.4 is 16.8 Å². The Morgan fingerprint density at radius 3 is 2.71 bits per heavy atom. The minimum absolute atomic E-state index is 0.193. The lowest BCUT2D eigenvalue weighted by Gasteiger charge is -2.09. The molecule has 1 aliphatic carbocycles. The molecule has 0 unspecified atom stereocenters. The zero-order chi connectivity index (χ0) is 16.8. The van der Waals surface area contributed by atoms with Gasteiger partial charge in [-0.2, -0.15) is 0 Å². The Bertz CT molecular complexity index is 967. The molecule has 4 rings (SSSR count). The number of rotatable bonds is 4. The van der Waals surface area contributed by atoms with Gasteiger partial charge in [0.25, 0.3) is 5.91 Å². The summed E-state index contributed by atoms with van der Waals surface area (Å²) in [7, 11) is 0. The van der Waals surface area contributed by atoms with E-state index in [1.807, 2.05) is 0 Å². The fourth-order valence-corrected chi connectivity index (χ4v) is 3.47. The number of aromatic nitrogens is 2. The van der Waals surface area contributed by atoms with Crippen LogP contribution in [-0.2, 0) is 0 Å². The molecule has 0 bridgehead atoms. The van der Waals surface area contributed by atoms with Crippen molar-refractivity contribution in [1.82, 2.24) is 9.97 Å². The number of nitrogen functional groups attached to an aromatic ring is 1. The summed E-state index contributed by atoms with van der Waals surface area (Å²) in [5, 5.41) is 3.66. The van der Waals surface area contributed by atoms with Gasteiger partial charge in [-0.05, 0) is 25.0 Å². The van der Waals surface area contributed by atoms with Crippen molar-refractivity contribution >= 4 is 39.1 Å². The number of benzene rings is 1. The molecule has 6 nitrogen and oxygen atoms in total. The first-order valence-corrected chi connectivity index (χ1v) is 8.27. The topological polar surface area (TPSA) is 107 Å². The molecule has 1 amide bonds. The molecule has 24 heavy (non-hydrogen) atoms. The Balaban J connectivity index is 2.00. The highest BCUT2D eigenvalue weighted by atomic mass is 32.1. The Morgan fingerprint density at radius 1 is 1.29 bits per heavy atom. The largest absolute Gasteiger partial charge is 0.397 e. The summed E-state index contributed by atoms with van der Waals surface area (Å²) in [6.45, 7) is 0. The Morgan fingerprint density at radius 2 is 2.04 bits per heavy atom. The molecule has 1 aliphatic rings. The van der Waals surface area contributed by atoms with Crippen LogP contribution in [0, 0.1) is 5.82 Å². The van der Waals surface area contributed by atoms with Crippen LogP contribution in [0.1, 0.15) is 22.5 Å². The number of thiophene rings is 1. The van der Waals surface area contributed by atoms with Crippen molar-refractivity contribution in [2.24, 2.45) is 5.73 Å². The van der Waals surface area contributed by atoms with Crippen molar-refractivity contribution in [3.63, 3.8) is 0 Å². The molecule has 2 heterocycles. The summed E-state index contributed by atoms with van der Waals surface area (Å²) < 4.78 is 14.3. The molecule has 0 aliphatic heterocycles. The minimum atomic E-state index is -0.633. The summed E-state index contributed by atoms with van der Waals surface area (Å²) in [6.07, 6.45) is 2.10. The van der Waals surface area contributed by atoms with Crippen LogP contribution in [0.4, 0.5) is 16.0 Å². The van der Waals surface area contributed by atoms with Crippen LogP contribution in [0.3, 0.4) is 0 Å². The van der Waals surface area contributed by atoms with Gasteiger partial charge in [0.2, 0.25) is 5.95 Å². The first-order valence-electron chi connectivity index (χ1n) is 7.46. The Kier molecular flexibility index (Phi) is 3.34. The lowest BCUT2D eigenvalue weighted by Crippen LogP contribution is -2.10. The third-order valence-corrected chi connectivity index (χ3v) is 4.97. The van der Waals surface area contributed by atoms with Gasteiger partial charge in [-0.25, -0.2) is 14.4 Å². The van der Waals surface area contributed by atoms with Crippen molar-refractivity contribution < 1.29 is 9.18 Å². The number of carbonyl (C=O) groups is 1. The molecule has 0 spiro atoms. The average molecular weight is 343 g/mol. The Hall–Kier alpha value is -2.74. The molecule has 5 N–H and O–H groups in total. The smallest absolute Gasteiger partial charge is 0.260 e. The van der Waals surface area contributed by atoms with Crippen molar-refractivity contribution in [3.8, 4) is 11.3 Å². The van der Waals surface area contributed by atoms with Crippen molar-refractivity contribution in [2.45, 2.75) is 18.9 Å². The third-order valence-electron chi connectivity index (χ3n) is 3.85. The predicted molar refractivity (Wildman–Crippen MR) is 92.4 cm³/mol. The van der Waals surface area contributed by atoms with Crippen molar-refractivity contribution in [2.75, 3.05) is 11.1 Å². The number of primary amides is 1. The van der Waals surface area contributed by atoms with E-state index in [4.69, 9.17) is 11.5 Å². The summed E-state index contributed by atoms with van der Waals surface area (Å²) in [4.78, 5) is 21.2. The van der Waals surface area contributed by atoms with E-state index in [0.717, 1.165) is 24.2 Å². The Labute approximate surface area is 140 Å². The number of hydrogen-bond acceptors (Lipinski definition) is 6. The van der Waals surface area contributed by atoms with E-state index in [-0.39, 0.29) is 10.6 Å². The van der Waals surface area contributed by atoms with Gasteiger partial charge in [-0.3, -0.25) is 4.79 Å². The number of nitrogens with one attached hydrogen (secondary N) is 1. The summed E-state index contributed by atoms with van der Waals surface area (Å²) in [6, 6.07) is 6.64. The van der Waals surface area contributed by atoms with Crippen LogP contribution in [0.15, 0.2) is 24.3 Å².